The molecule has 1 aromatic carbocycles. The van der Waals surface area contributed by atoms with Gasteiger partial charge in [-0.15, -0.1) is 0 Å². The van der Waals surface area contributed by atoms with Crippen molar-refractivity contribution in [3.8, 4) is 0 Å². The van der Waals surface area contributed by atoms with Gasteiger partial charge in [0.1, 0.15) is 0 Å². The number of thiazole rings is 1. The largest absolute Gasteiger partial charge is 0.383 e. The van der Waals surface area contributed by atoms with Gasteiger partial charge >= 0.3 is 0 Å². The number of nitrogens with zero attached hydrogens (tertiary/aromatic N) is 3. The number of rotatable bonds is 5. The van der Waals surface area contributed by atoms with Crippen LogP contribution in [0.1, 0.15) is 24.0 Å². The number of methoxy groups -OCH3 is 1. The predicted octanol–water partition coefficient (Wildman–Crippen LogP) is 2.06. The zero-order valence-electron chi connectivity index (χ0n) is 16.8. The highest BCUT2D eigenvalue weighted by atomic mass is 32.2. The van der Waals surface area contributed by atoms with Crippen molar-refractivity contribution >= 4 is 37.5 Å². The smallest absolute Gasteiger partial charge is 0.251 e. The highest BCUT2D eigenvalue weighted by molar-refractivity contribution is 7.88. The van der Waals surface area contributed by atoms with Crippen molar-refractivity contribution in [3.63, 3.8) is 0 Å². The predicted molar refractivity (Wildman–Crippen MR) is 111 cm³/mol. The van der Waals surface area contributed by atoms with Crippen LogP contribution in [0.4, 0.5) is 0 Å². The summed E-state index contributed by atoms with van der Waals surface area (Å²) in [6, 6.07) is 4.26. The molecule has 0 aliphatic carbocycles. The van der Waals surface area contributed by atoms with Gasteiger partial charge in [-0.25, -0.2) is 12.7 Å². The molecule has 1 aromatic heterocycles. The number of carbonyl (C=O) groups is 1. The van der Waals surface area contributed by atoms with E-state index in [2.05, 4.69) is 31.0 Å². The van der Waals surface area contributed by atoms with Crippen LogP contribution in [-0.4, -0.2) is 56.3 Å². The lowest BCUT2D eigenvalue weighted by Crippen LogP contribution is -2.39. The summed E-state index contributed by atoms with van der Waals surface area (Å²) in [5.74, 6) is -0.401. The van der Waals surface area contributed by atoms with Gasteiger partial charge in [-0.05, 0) is 49.9 Å². The first-order chi connectivity index (χ1) is 13.2. The summed E-state index contributed by atoms with van der Waals surface area (Å²) >= 11 is 1.51. The molecule has 3 rings (SSSR count). The van der Waals surface area contributed by atoms with Crippen LogP contribution >= 0.6 is 11.3 Å². The molecule has 1 amide bonds. The minimum atomic E-state index is -3.20. The van der Waals surface area contributed by atoms with E-state index in [-0.39, 0.29) is 11.8 Å². The Bertz CT molecular complexity index is 1050. The van der Waals surface area contributed by atoms with E-state index in [4.69, 9.17) is 4.74 Å². The maximum atomic E-state index is 12.8. The molecule has 0 spiro atoms. The lowest BCUT2D eigenvalue weighted by molar-refractivity contribution is -0.122. The van der Waals surface area contributed by atoms with Gasteiger partial charge in [0.25, 0.3) is 5.91 Å². The molecule has 1 saturated heterocycles. The molecule has 1 aliphatic heterocycles. The molecular weight excluding hydrogens is 398 g/mol. The van der Waals surface area contributed by atoms with Crippen LogP contribution in [0.5, 0.6) is 0 Å². The minimum Gasteiger partial charge on any atom is -0.383 e. The summed E-state index contributed by atoms with van der Waals surface area (Å²) < 4.78 is 33.1. The Morgan fingerprint density at radius 2 is 1.89 bits per heavy atom. The number of hydrogen-bond acceptors (Lipinski definition) is 5. The van der Waals surface area contributed by atoms with E-state index >= 15 is 0 Å². The fourth-order valence-corrected chi connectivity index (χ4v) is 5.44. The van der Waals surface area contributed by atoms with Crippen molar-refractivity contribution < 1.29 is 17.9 Å². The first-order valence-electron chi connectivity index (χ1n) is 9.34. The van der Waals surface area contributed by atoms with Crippen molar-refractivity contribution in [3.05, 3.63) is 28.1 Å². The molecule has 0 atom stereocenters. The molecule has 0 unspecified atom stereocenters. The Hall–Kier alpha value is -1.55. The Labute approximate surface area is 169 Å². The van der Waals surface area contributed by atoms with Gasteiger partial charge in [-0.3, -0.25) is 4.79 Å². The lowest BCUT2D eigenvalue weighted by Gasteiger charge is -2.28. The first-order valence-corrected chi connectivity index (χ1v) is 12.0. The van der Waals surface area contributed by atoms with Gasteiger partial charge in [0.2, 0.25) is 10.0 Å². The Morgan fingerprint density at radius 3 is 2.50 bits per heavy atom. The lowest BCUT2D eigenvalue weighted by atomic mass is 9.98. The fraction of sp³-hybridized carbons (Fsp3) is 0.579. The molecule has 2 heterocycles. The molecule has 9 heteroatoms. The van der Waals surface area contributed by atoms with Crippen LogP contribution in [-0.2, 0) is 26.1 Å². The number of hydrogen-bond donors (Lipinski definition) is 0. The second-order valence-electron chi connectivity index (χ2n) is 7.32. The van der Waals surface area contributed by atoms with Gasteiger partial charge < -0.3 is 9.30 Å². The molecule has 2 aromatic rings. The molecule has 1 fully saturated rings. The van der Waals surface area contributed by atoms with Gasteiger partial charge in [-0.1, -0.05) is 11.3 Å². The molecular formula is C19H27N3O4S2. The van der Waals surface area contributed by atoms with Gasteiger partial charge in [0.05, 0.1) is 23.1 Å². The summed E-state index contributed by atoms with van der Waals surface area (Å²) in [6.45, 7) is 6.05. The third-order valence-electron chi connectivity index (χ3n) is 5.30. The first kappa shape index (κ1) is 21.2. The summed E-state index contributed by atoms with van der Waals surface area (Å²) in [4.78, 5) is 17.9. The Balaban J connectivity index is 1.91. The van der Waals surface area contributed by atoms with Gasteiger partial charge in [0, 0.05) is 32.7 Å². The quantitative estimate of drug-likeness (QED) is 0.734. The van der Waals surface area contributed by atoms with Crippen molar-refractivity contribution in [2.45, 2.75) is 33.2 Å². The number of benzene rings is 1. The van der Waals surface area contributed by atoms with Crippen molar-refractivity contribution in [2.75, 3.05) is 33.1 Å². The molecule has 0 bridgehead atoms. The minimum absolute atomic E-state index is 0.167. The zero-order valence-corrected chi connectivity index (χ0v) is 18.4. The topological polar surface area (TPSA) is 81.0 Å². The van der Waals surface area contributed by atoms with Crippen molar-refractivity contribution in [2.24, 2.45) is 10.9 Å². The summed E-state index contributed by atoms with van der Waals surface area (Å²) in [7, 11) is -1.55. The second kappa shape index (κ2) is 8.44. The van der Waals surface area contributed by atoms with Gasteiger partial charge in [0.15, 0.2) is 4.80 Å². The standard InChI is InChI=1S/C19H27N3O4S2/c1-13-11-16-17(12-14(13)2)27-19(22(16)9-10-26-3)20-18(23)15-5-7-21(8-6-15)28(4,24)25/h11-12,15H,5-10H2,1-4H3. The molecule has 154 valence electrons. The fourth-order valence-electron chi connectivity index (χ4n) is 3.43. The normalized spacial score (nSPS) is 17.5. The molecule has 7 nitrogen and oxygen atoms in total. The van der Waals surface area contributed by atoms with E-state index in [1.54, 1.807) is 7.11 Å². The van der Waals surface area contributed by atoms with Crippen molar-refractivity contribution in [1.29, 1.82) is 0 Å². The maximum Gasteiger partial charge on any atom is 0.251 e. The molecule has 0 saturated carbocycles. The van der Waals surface area contributed by atoms with Crippen LogP contribution in [0.25, 0.3) is 10.2 Å². The maximum absolute atomic E-state index is 12.8. The number of amides is 1. The van der Waals surface area contributed by atoms with E-state index < -0.39 is 10.0 Å². The third-order valence-corrected chi connectivity index (χ3v) is 7.64. The number of fused-ring (bicyclic) bond motifs is 1. The number of ether oxygens (including phenoxy) is 1. The average molecular weight is 426 g/mol. The Morgan fingerprint density at radius 1 is 1.25 bits per heavy atom. The third kappa shape index (κ3) is 4.53. The SMILES string of the molecule is COCCn1c(=NC(=O)C2CCN(S(C)(=O)=O)CC2)sc2cc(C)c(C)cc21. The molecule has 0 radical (unpaired) electrons. The molecule has 0 N–H and O–H groups in total. The number of sulfonamides is 1. The van der Waals surface area contributed by atoms with Crippen LogP contribution < -0.4 is 4.80 Å². The Kier molecular flexibility index (Phi) is 6.38. The van der Waals surface area contributed by atoms with Crippen LogP contribution in [0.3, 0.4) is 0 Å². The zero-order chi connectivity index (χ0) is 20.5. The van der Waals surface area contributed by atoms with Crippen molar-refractivity contribution in [1.82, 2.24) is 8.87 Å². The summed E-state index contributed by atoms with van der Waals surface area (Å²) in [5.41, 5.74) is 3.46. The monoisotopic (exact) mass is 425 g/mol. The number of carbonyl (C=O) groups excluding carboxylic acids is 1. The average Bonchev–Trinajstić information content (AvgIpc) is 2.95. The second-order valence-corrected chi connectivity index (χ2v) is 10.3. The van der Waals surface area contributed by atoms with E-state index in [9.17, 15) is 13.2 Å². The van der Waals surface area contributed by atoms with Crippen LogP contribution in [0.15, 0.2) is 17.1 Å². The summed E-state index contributed by atoms with van der Waals surface area (Å²) in [5, 5.41) is 0. The summed E-state index contributed by atoms with van der Waals surface area (Å²) in [6.07, 6.45) is 2.23. The number of aryl methyl sites for hydroxylation is 2. The van der Waals surface area contributed by atoms with E-state index in [1.165, 1.54) is 33.0 Å². The number of piperidine rings is 1. The van der Waals surface area contributed by atoms with Gasteiger partial charge in [-0.2, -0.15) is 4.99 Å². The number of aromatic nitrogens is 1. The highest BCUT2D eigenvalue weighted by Crippen LogP contribution is 2.23. The highest BCUT2D eigenvalue weighted by Gasteiger charge is 2.29. The molecule has 1 aliphatic rings. The van der Waals surface area contributed by atoms with E-state index in [0.29, 0.717) is 43.9 Å². The van der Waals surface area contributed by atoms with Crippen LogP contribution in [0, 0.1) is 19.8 Å². The molecule has 28 heavy (non-hydrogen) atoms. The van der Waals surface area contributed by atoms with Crippen LogP contribution in [0.2, 0.25) is 0 Å². The van der Waals surface area contributed by atoms with E-state index in [1.807, 2.05) is 4.57 Å². The van der Waals surface area contributed by atoms with E-state index in [0.717, 1.165) is 10.2 Å².